The van der Waals surface area contributed by atoms with E-state index in [-0.39, 0.29) is 5.43 Å². The lowest BCUT2D eigenvalue weighted by Gasteiger charge is -2.12. The van der Waals surface area contributed by atoms with Gasteiger partial charge in [-0.25, -0.2) is 0 Å². The van der Waals surface area contributed by atoms with Crippen LogP contribution in [0.2, 0.25) is 0 Å². The molecule has 0 radical (unpaired) electrons. The van der Waals surface area contributed by atoms with E-state index in [9.17, 15) is 4.79 Å². The van der Waals surface area contributed by atoms with Crippen LogP contribution in [0.15, 0.2) is 54.5 Å². The smallest absolute Gasteiger partial charge is 0.197 e. The summed E-state index contributed by atoms with van der Waals surface area (Å²) in [5.74, 6) is 0. The third-order valence-electron chi connectivity index (χ3n) is 2.81. The highest BCUT2D eigenvalue weighted by Gasteiger charge is 2.10. The van der Waals surface area contributed by atoms with E-state index in [0.29, 0.717) is 16.6 Å². The van der Waals surface area contributed by atoms with E-state index >= 15 is 0 Å². The quantitative estimate of drug-likeness (QED) is 0.746. The van der Waals surface area contributed by atoms with Gasteiger partial charge < -0.3 is 4.57 Å². The molecular formula is C16H13NO. The highest BCUT2D eigenvalue weighted by molar-refractivity contribution is 5.85. The van der Waals surface area contributed by atoms with E-state index in [1.807, 2.05) is 22.8 Å². The summed E-state index contributed by atoms with van der Waals surface area (Å²) in [6, 6.07) is 7.40. The molecule has 0 aliphatic heterocycles. The van der Waals surface area contributed by atoms with Gasteiger partial charge in [0.15, 0.2) is 5.43 Å². The molecular weight excluding hydrogens is 222 g/mol. The molecule has 2 aromatic rings. The van der Waals surface area contributed by atoms with Gasteiger partial charge in [-0.1, -0.05) is 37.9 Å². The minimum Gasteiger partial charge on any atom is -0.309 e. The molecule has 88 valence electrons. The van der Waals surface area contributed by atoms with Crippen LogP contribution < -0.4 is 5.43 Å². The zero-order valence-electron chi connectivity index (χ0n) is 10.0. The predicted molar refractivity (Wildman–Crippen MR) is 78.3 cm³/mol. The van der Waals surface area contributed by atoms with Crippen molar-refractivity contribution in [3.63, 3.8) is 0 Å². The van der Waals surface area contributed by atoms with Crippen molar-refractivity contribution >= 4 is 29.3 Å². The van der Waals surface area contributed by atoms with E-state index in [4.69, 9.17) is 0 Å². The lowest BCUT2D eigenvalue weighted by Crippen LogP contribution is -2.13. The molecule has 0 saturated heterocycles. The van der Waals surface area contributed by atoms with Crippen molar-refractivity contribution in [2.24, 2.45) is 0 Å². The van der Waals surface area contributed by atoms with Crippen molar-refractivity contribution in [3.05, 3.63) is 71.2 Å². The lowest BCUT2D eigenvalue weighted by molar-refractivity contribution is 1.15. The topological polar surface area (TPSA) is 22.0 Å². The molecule has 0 spiro atoms. The fourth-order valence-corrected chi connectivity index (χ4v) is 2.03. The maximum Gasteiger partial charge on any atom is 0.197 e. The Morgan fingerprint density at radius 1 is 1.17 bits per heavy atom. The van der Waals surface area contributed by atoms with Crippen molar-refractivity contribution in [2.45, 2.75) is 0 Å². The zero-order chi connectivity index (χ0) is 13.1. The Morgan fingerprint density at radius 2 is 1.89 bits per heavy atom. The first-order valence-corrected chi connectivity index (χ1v) is 5.52. The predicted octanol–water partition coefficient (Wildman–Crippen LogP) is 3.54. The second-order valence-electron chi connectivity index (χ2n) is 3.76. The first-order chi connectivity index (χ1) is 8.74. The molecule has 0 atom stereocenters. The number of para-hydroxylation sites is 1. The summed E-state index contributed by atoms with van der Waals surface area (Å²) < 4.78 is 1.84. The molecule has 0 aliphatic carbocycles. The molecule has 1 aromatic carbocycles. The Balaban J connectivity index is 3.15. The van der Waals surface area contributed by atoms with E-state index in [1.54, 1.807) is 24.4 Å². The Bertz CT molecular complexity index is 744. The van der Waals surface area contributed by atoms with Gasteiger partial charge in [-0.05, 0) is 18.2 Å². The minimum absolute atomic E-state index is 0.0378. The number of hydrogen-bond donors (Lipinski definition) is 0. The van der Waals surface area contributed by atoms with Gasteiger partial charge in [0, 0.05) is 10.9 Å². The largest absolute Gasteiger partial charge is 0.309 e. The highest BCUT2D eigenvalue weighted by atomic mass is 16.1. The molecule has 18 heavy (non-hydrogen) atoms. The molecule has 2 nitrogen and oxygen atoms in total. The molecule has 1 aromatic heterocycles. The van der Waals surface area contributed by atoms with Crippen LogP contribution in [-0.4, -0.2) is 4.57 Å². The van der Waals surface area contributed by atoms with Crippen molar-refractivity contribution in [1.82, 2.24) is 4.57 Å². The van der Waals surface area contributed by atoms with Crippen molar-refractivity contribution in [1.29, 1.82) is 0 Å². The number of benzene rings is 1. The van der Waals surface area contributed by atoms with Gasteiger partial charge in [-0.3, -0.25) is 4.79 Å². The summed E-state index contributed by atoms with van der Waals surface area (Å²) in [6.45, 7) is 11.0. The third-order valence-corrected chi connectivity index (χ3v) is 2.81. The fraction of sp³-hybridized carbons (Fsp3) is 0. The standard InChI is InChI=1S/C16H13NO/c1-4-11-17-14(6-3)12(5-2)16(18)13-9-7-8-10-15(13)17/h5-11H,1-3H2. The molecule has 0 fully saturated rings. The third kappa shape index (κ3) is 1.65. The normalized spacial score (nSPS) is 9.78. The molecule has 0 N–H and O–H groups in total. The van der Waals surface area contributed by atoms with Crippen LogP contribution in [-0.2, 0) is 0 Å². The van der Waals surface area contributed by atoms with Crippen LogP contribution in [0.4, 0.5) is 0 Å². The number of pyridine rings is 1. The number of aromatic nitrogens is 1. The van der Waals surface area contributed by atoms with Crippen LogP contribution in [0.1, 0.15) is 11.3 Å². The van der Waals surface area contributed by atoms with E-state index in [1.165, 1.54) is 0 Å². The maximum absolute atomic E-state index is 12.3. The molecule has 0 aliphatic rings. The SMILES string of the molecule is C=C=Cn1c(C=C)c(C=C)c(=O)c2ccccc21. The number of nitrogens with zero attached hydrogens (tertiary/aromatic N) is 1. The van der Waals surface area contributed by atoms with Crippen LogP contribution in [0, 0.1) is 0 Å². The van der Waals surface area contributed by atoms with Crippen molar-refractivity contribution in [3.8, 4) is 0 Å². The molecule has 2 rings (SSSR count). The summed E-state index contributed by atoms with van der Waals surface area (Å²) in [4.78, 5) is 12.3. The number of hydrogen-bond acceptors (Lipinski definition) is 1. The van der Waals surface area contributed by atoms with E-state index in [0.717, 1.165) is 5.52 Å². The van der Waals surface area contributed by atoms with Crippen molar-refractivity contribution in [2.75, 3.05) is 0 Å². The lowest BCUT2D eigenvalue weighted by atomic mass is 10.1. The second kappa shape index (κ2) is 4.74. The first-order valence-electron chi connectivity index (χ1n) is 5.52. The first kappa shape index (κ1) is 11.9. The summed E-state index contributed by atoms with van der Waals surface area (Å²) in [5.41, 5.74) is 4.73. The van der Waals surface area contributed by atoms with Gasteiger partial charge in [0.25, 0.3) is 0 Å². The molecule has 0 amide bonds. The van der Waals surface area contributed by atoms with Crippen LogP contribution in [0.3, 0.4) is 0 Å². The van der Waals surface area contributed by atoms with Crippen LogP contribution in [0.25, 0.3) is 29.3 Å². The average Bonchev–Trinajstić information content (AvgIpc) is 2.41. The number of rotatable bonds is 3. The highest BCUT2D eigenvalue weighted by Crippen LogP contribution is 2.18. The van der Waals surface area contributed by atoms with Gasteiger partial charge in [0.05, 0.1) is 17.4 Å². The van der Waals surface area contributed by atoms with E-state index < -0.39 is 0 Å². The van der Waals surface area contributed by atoms with Gasteiger partial charge in [-0.15, -0.1) is 5.73 Å². The molecule has 0 unspecified atom stereocenters. The van der Waals surface area contributed by atoms with E-state index in [2.05, 4.69) is 25.5 Å². The summed E-state index contributed by atoms with van der Waals surface area (Å²) in [7, 11) is 0. The van der Waals surface area contributed by atoms with Gasteiger partial charge in [-0.2, -0.15) is 0 Å². The molecule has 0 bridgehead atoms. The minimum atomic E-state index is -0.0378. The monoisotopic (exact) mass is 235 g/mol. The van der Waals surface area contributed by atoms with Gasteiger partial charge in [0.2, 0.25) is 0 Å². The van der Waals surface area contributed by atoms with Crippen molar-refractivity contribution < 1.29 is 0 Å². The summed E-state index contributed by atoms with van der Waals surface area (Å²) in [5, 5.41) is 0.643. The Labute approximate surface area is 106 Å². The summed E-state index contributed by atoms with van der Waals surface area (Å²) in [6.07, 6.45) is 4.88. The second-order valence-corrected chi connectivity index (χ2v) is 3.76. The average molecular weight is 235 g/mol. The Morgan fingerprint density at radius 3 is 2.50 bits per heavy atom. The molecule has 1 heterocycles. The Kier molecular flexibility index (Phi) is 3.13. The maximum atomic E-state index is 12.3. The fourth-order valence-electron chi connectivity index (χ4n) is 2.03. The van der Waals surface area contributed by atoms with Crippen LogP contribution in [0.5, 0.6) is 0 Å². The Hall–Kier alpha value is -2.57. The molecule has 0 saturated carbocycles. The summed E-state index contributed by atoms with van der Waals surface area (Å²) >= 11 is 0. The van der Waals surface area contributed by atoms with Gasteiger partial charge >= 0.3 is 0 Å². The van der Waals surface area contributed by atoms with Crippen LogP contribution >= 0.6 is 0 Å². The zero-order valence-corrected chi connectivity index (χ0v) is 10.0. The molecule has 2 heteroatoms. The van der Waals surface area contributed by atoms with Gasteiger partial charge in [0.1, 0.15) is 0 Å². The number of fused-ring (bicyclic) bond motifs is 1.